The first-order valence-electron chi connectivity index (χ1n) is 6.05. The van der Waals surface area contributed by atoms with Crippen LogP contribution in [0.1, 0.15) is 18.1 Å². The maximum atomic E-state index is 5.67. The average molecular weight is 238 g/mol. The molecule has 0 saturated carbocycles. The van der Waals surface area contributed by atoms with E-state index >= 15 is 0 Å². The van der Waals surface area contributed by atoms with Crippen molar-refractivity contribution in [3.8, 4) is 0 Å². The molecule has 1 aromatic heterocycles. The molecule has 2 heteroatoms. The quantitative estimate of drug-likeness (QED) is 0.874. The highest BCUT2D eigenvalue weighted by Gasteiger charge is 2.16. The van der Waals surface area contributed by atoms with Crippen LogP contribution in [-0.4, -0.2) is 11.5 Å². The van der Waals surface area contributed by atoms with Gasteiger partial charge < -0.3 is 5.73 Å². The molecule has 1 atom stereocenters. The van der Waals surface area contributed by atoms with Gasteiger partial charge in [0.05, 0.1) is 0 Å². The second kappa shape index (κ2) is 5.15. The molecule has 1 unspecified atom stereocenters. The Labute approximate surface area is 108 Å². The van der Waals surface area contributed by atoms with Gasteiger partial charge in [-0.2, -0.15) is 0 Å². The standard InChI is InChI=1S/C16H18N2/c1-11-5-4-6-14(11)13(3)15-7-8-18-10-16(15)12(2)9-17/h4-8,10-11H,2-3,9,17H2,1H3. The summed E-state index contributed by atoms with van der Waals surface area (Å²) in [5.41, 5.74) is 10.9. The molecule has 2 N–H and O–H groups in total. The normalized spacial score (nSPS) is 17.7. The largest absolute Gasteiger partial charge is 0.326 e. The van der Waals surface area contributed by atoms with Crippen LogP contribution in [0.5, 0.6) is 0 Å². The van der Waals surface area contributed by atoms with E-state index in [1.807, 2.05) is 12.3 Å². The van der Waals surface area contributed by atoms with Crippen LogP contribution in [0.15, 0.2) is 55.4 Å². The summed E-state index contributed by atoms with van der Waals surface area (Å²) in [6.07, 6.45) is 9.94. The molecule has 1 heterocycles. The van der Waals surface area contributed by atoms with Gasteiger partial charge in [0.15, 0.2) is 0 Å². The number of pyridine rings is 1. The molecule has 0 amide bonds. The lowest BCUT2D eigenvalue weighted by Crippen LogP contribution is -2.05. The number of hydrogen-bond donors (Lipinski definition) is 1. The van der Waals surface area contributed by atoms with Gasteiger partial charge in [-0.05, 0) is 34.3 Å². The number of nitrogens with zero attached hydrogens (tertiary/aromatic N) is 1. The van der Waals surface area contributed by atoms with E-state index in [2.05, 4.69) is 43.3 Å². The molecule has 2 nitrogen and oxygen atoms in total. The molecule has 1 aromatic rings. The molecule has 0 bridgehead atoms. The monoisotopic (exact) mass is 238 g/mol. The van der Waals surface area contributed by atoms with Gasteiger partial charge in [0.1, 0.15) is 0 Å². The van der Waals surface area contributed by atoms with Crippen molar-refractivity contribution < 1.29 is 0 Å². The van der Waals surface area contributed by atoms with Gasteiger partial charge in [0.2, 0.25) is 0 Å². The molecule has 18 heavy (non-hydrogen) atoms. The van der Waals surface area contributed by atoms with Gasteiger partial charge in [0.25, 0.3) is 0 Å². The Bertz CT molecular complexity index is 550. The molecule has 0 aliphatic heterocycles. The minimum Gasteiger partial charge on any atom is -0.326 e. The molecule has 2 rings (SSSR count). The van der Waals surface area contributed by atoms with Crippen molar-refractivity contribution in [2.24, 2.45) is 11.7 Å². The zero-order valence-electron chi connectivity index (χ0n) is 10.7. The second-order valence-electron chi connectivity index (χ2n) is 4.50. The number of allylic oxidation sites excluding steroid dienone is 5. The second-order valence-corrected chi connectivity index (χ2v) is 4.50. The van der Waals surface area contributed by atoms with E-state index in [9.17, 15) is 0 Å². The van der Waals surface area contributed by atoms with Crippen molar-refractivity contribution in [2.75, 3.05) is 6.54 Å². The summed E-state index contributed by atoms with van der Waals surface area (Å²) in [5, 5.41) is 0. The number of rotatable bonds is 4. The topological polar surface area (TPSA) is 38.9 Å². The fourth-order valence-corrected chi connectivity index (χ4v) is 2.16. The third kappa shape index (κ3) is 2.20. The Balaban J connectivity index is 2.40. The number of aromatic nitrogens is 1. The first kappa shape index (κ1) is 12.5. The van der Waals surface area contributed by atoms with Crippen LogP contribution in [0.4, 0.5) is 0 Å². The van der Waals surface area contributed by atoms with E-state index in [1.165, 1.54) is 5.57 Å². The predicted octanol–water partition coefficient (Wildman–Crippen LogP) is 3.20. The molecule has 92 valence electrons. The van der Waals surface area contributed by atoms with Crippen LogP contribution < -0.4 is 5.73 Å². The van der Waals surface area contributed by atoms with Gasteiger partial charge >= 0.3 is 0 Å². The van der Waals surface area contributed by atoms with Crippen molar-refractivity contribution in [3.63, 3.8) is 0 Å². The molecule has 0 radical (unpaired) electrons. The lowest BCUT2D eigenvalue weighted by molar-refractivity contribution is 0.916. The fourth-order valence-electron chi connectivity index (χ4n) is 2.16. The van der Waals surface area contributed by atoms with Crippen molar-refractivity contribution in [1.29, 1.82) is 0 Å². The maximum absolute atomic E-state index is 5.67. The average Bonchev–Trinajstić information content (AvgIpc) is 2.83. The van der Waals surface area contributed by atoms with E-state index in [0.29, 0.717) is 12.5 Å². The Morgan fingerprint density at radius 1 is 1.39 bits per heavy atom. The van der Waals surface area contributed by atoms with Crippen LogP contribution in [0.3, 0.4) is 0 Å². The lowest BCUT2D eigenvalue weighted by atomic mass is 9.89. The first-order chi connectivity index (χ1) is 8.65. The van der Waals surface area contributed by atoms with E-state index < -0.39 is 0 Å². The highest BCUT2D eigenvalue weighted by molar-refractivity contribution is 5.86. The SMILES string of the molecule is C=C(CN)c1cnccc1C(=C)C1=CC=CC1C. The smallest absolute Gasteiger partial charge is 0.0349 e. The number of nitrogens with two attached hydrogens (primary N) is 1. The number of hydrogen-bond acceptors (Lipinski definition) is 2. The van der Waals surface area contributed by atoms with E-state index in [1.54, 1.807) is 6.20 Å². The third-order valence-electron chi connectivity index (χ3n) is 3.29. The molecule has 0 saturated heterocycles. The summed E-state index contributed by atoms with van der Waals surface area (Å²) in [4.78, 5) is 4.15. The highest BCUT2D eigenvalue weighted by Crippen LogP contribution is 2.34. The summed E-state index contributed by atoms with van der Waals surface area (Å²) in [5.74, 6) is 0.407. The molecule has 1 aliphatic carbocycles. The van der Waals surface area contributed by atoms with Crippen molar-refractivity contribution in [2.45, 2.75) is 6.92 Å². The Kier molecular flexibility index (Phi) is 3.58. The van der Waals surface area contributed by atoms with Crippen LogP contribution in [0.25, 0.3) is 11.1 Å². The van der Waals surface area contributed by atoms with Gasteiger partial charge in [-0.3, -0.25) is 4.98 Å². The lowest BCUT2D eigenvalue weighted by Gasteiger charge is -2.16. The summed E-state index contributed by atoms with van der Waals surface area (Å²) in [6.45, 7) is 10.8. The van der Waals surface area contributed by atoms with Crippen molar-refractivity contribution in [3.05, 3.63) is 66.5 Å². The summed E-state index contributed by atoms with van der Waals surface area (Å²) >= 11 is 0. The van der Waals surface area contributed by atoms with Gasteiger partial charge in [0, 0.05) is 24.5 Å². The zero-order valence-corrected chi connectivity index (χ0v) is 10.7. The third-order valence-corrected chi connectivity index (χ3v) is 3.29. The molecular formula is C16H18N2. The van der Waals surface area contributed by atoms with E-state index in [0.717, 1.165) is 22.3 Å². The van der Waals surface area contributed by atoms with Crippen LogP contribution in [0, 0.1) is 5.92 Å². The fraction of sp³-hybridized carbons (Fsp3) is 0.188. The summed E-state index contributed by atoms with van der Waals surface area (Å²) < 4.78 is 0. The van der Waals surface area contributed by atoms with Crippen molar-refractivity contribution >= 4 is 11.1 Å². The maximum Gasteiger partial charge on any atom is 0.0349 e. The van der Waals surface area contributed by atoms with Crippen LogP contribution >= 0.6 is 0 Å². The van der Waals surface area contributed by atoms with Crippen LogP contribution in [-0.2, 0) is 0 Å². The van der Waals surface area contributed by atoms with Crippen molar-refractivity contribution in [1.82, 2.24) is 4.98 Å². The Morgan fingerprint density at radius 2 is 2.17 bits per heavy atom. The Morgan fingerprint density at radius 3 is 2.78 bits per heavy atom. The first-order valence-corrected chi connectivity index (χ1v) is 6.05. The molecule has 0 aromatic carbocycles. The summed E-state index contributed by atoms with van der Waals surface area (Å²) in [7, 11) is 0. The zero-order chi connectivity index (χ0) is 13.1. The van der Waals surface area contributed by atoms with E-state index in [-0.39, 0.29) is 0 Å². The highest BCUT2D eigenvalue weighted by atomic mass is 14.6. The molecule has 0 spiro atoms. The van der Waals surface area contributed by atoms with Gasteiger partial charge in [-0.15, -0.1) is 0 Å². The molecule has 1 aliphatic rings. The Hall–Kier alpha value is -1.93. The summed E-state index contributed by atoms with van der Waals surface area (Å²) in [6, 6.07) is 1.98. The van der Waals surface area contributed by atoms with Gasteiger partial charge in [-0.1, -0.05) is 38.3 Å². The predicted molar refractivity (Wildman–Crippen MR) is 77.7 cm³/mol. The molecule has 0 fully saturated rings. The van der Waals surface area contributed by atoms with E-state index in [4.69, 9.17) is 5.73 Å². The minimum absolute atomic E-state index is 0.407. The minimum atomic E-state index is 0.407. The molecular weight excluding hydrogens is 220 g/mol. The van der Waals surface area contributed by atoms with Crippen LogP contribution in [0.2, 0.25) is 0 Å². The van der Waals surface area contributed by atoms with Gasteiger partial charge in [-0.25, -0.2) is 0 Å².